The molecule has 0 bridgehead atoms. The number of hydrogen-bond donors (Lipinski definition) is 0. The Morgan fingerprint density at radius 3 is 0.792 bits per heavy atom. The normalized spacial score (nSPS) is 13.0. The Hall–Kier alpha value is -4.45. The van der Waals surface area contributed by atoms with Crippen LogP contribution in [0.4, 0.5) is 0 Å². The van der Waals surface area contributed by atoms with Crippen molar-refractivity contribution in [1.29, 1.82) is 0 Å². The largest absolute Gasteiger partial charge is 0.462 e. The van der Waals surface area contributed by atoms with Gasteiger partial charge in [0.15, 0.2) is 6.10 Å². The van der Waals surface area contributed by atoms with Crippen LogP contribution in [0.3, 0.4) is 0 Å². The molecule has 0 spiro atoms. The van der Waals surface area contributed by atoms with Crippen molar-refractivity contribution in [3.05, 3.63) is 134 Å². The molecule has 0 aliphatic carbocycles. The lowest BCUT2D eigenvalue weighted by molar-refractivity contribution is -0.167. The number of esters is 3. The molecule has 6 heteroatoms. The maximum atomic E-state index is 12.9. The predicted molar refractivity (Wildman–Crippen MR) is 334 cm³/mol. The van der Waals surface area contributed by atoms with E-state index in [1.54, 1.807) is 0 Å². The van der Waals surface area contributed by atoms with Crippen LogP contribution in [-0.4, -0.2) is 37.2 Å². The van der Waals surface area contributed by atoms with Crippen molar-refractivity contribution in [3.8, 4) is 0 Å². The van der Waals surface area contributed by atoms with Gasteiger partial charge in [0.2, 0.25) is 0 Å². The summed E-state index contributed by atoms with van der Waals surface area (Å²) in [4.78, 5) is 38.3. The van der Waals surface area contributed by atoms with Crippen molar-refractivity contribution in [2.75, 3.05) is 13.2 Å². The second kappa shape index (κ2) is 64.1. The quantitative estimate of drug-likeness (QED) is 0.0261. The monoisotopic (exact) mass is 1060 g/mol. The molecule has 0 aliphatic heterocycles. The van der Waals surface area contributed by atoms with Gasteiger partial charge < -0.3 is 14.2 Å². The average Bonchev–Trinajstić information content (AvgIpc) is 3.43. The van der Waals surface area contributed by atoms with Crippen molar-refractivity contribution >= 4 is 17.9 Å². The first kappa shape index (κ1) is 72.5. The minimum Gasteiger partial charge on any atom is -0.462 e. The number of unbranched alkanes of at least 4 members (excludes halogenated alkanes) is 23. The third-order valence-electron chi connectivity index (χ3n) is 13.1. The summed E-state index contributed by atoms with van der Waals surface area (Å²) >= 11 is 0. The van der Waals surface area contributed by atoms with Crippen molar-refractivity contribution in [2.24, 2.45) is 0 Å². The highest BCUT2D eigenvalue weighted by Crippen LogP contribution is 2.15. The predicted octanol–water partition coefficient (Wildman–Crippen LogP) is 21.8. The second-order valence-corrected chi connectivity index (χ2v) is 20.5. The second-order valence-electron chi connectivity index (χ2n) is 20.5. The van der Waals surface area contributed by atoms with Crippen LogP contribution in [-0.2, 0) is 28.6 Å². The molecular weight excluding hydrogens is 949 g/mol. The lowest BCUT2D eigenvalue weighted by Crippen LogP contribution is -2.30. The molecule has 0 rings (SSSR count). The summed E-state index contributed by atoms with van der Waals surface area (Å²) in [7, 11) is 0. The summed E-state index contributed by atoms with van der Waals surface area (Å²) in [5.74, 6) is -0.930. The van der Waals surface area contributed by atoms with E-state index in [1.807, 2.05) is 0 Å². The van der Waals surface area contributed by atoms with Crippen molar-refractivity contribution < 1.29 is 28.6 Å². The van der Waals surface area contributed by atoms with E-state index in [4.69, 9.17) is 14.2 Å². The number of hydrogen-bond acceptors (Lipinski definition) is 6. The van der Waals surface area contributed by atoms with E-state index >= 15 is 0 Å². The molecule has 436 valence electrons. The number of carbonyl (C=O) groups is 3. The van der Waals surface area contributed by atoms with Crippen LogP contribution in [0.2, 0.25) is 0 Å². The molecule has 6 nitrogen and oxygen atoms in total. The van der Waals surface area contributed by atoms with E-state index < -0.39 is 6.10 Å². The molecule has 0 aromatic heterocycles. The van der Waals surface area contributed by atoms with Gasteiger partial charge in [0, 0.05) is 19.3 Å². The standard InChI is InChI=1S/C71H116O6/c1-4-7-10-13-16-19-22-25-28-30-32-33-34-35-36-37-39-40-43-46-49-52-55-58-61-64-70(73)76-67-68(66-75-69(72)63-60-57-54-51-48-45-42-27-24-21-18-15-12-9-6-3)77-71(74)65-62-59-56-53-50-47-44-41-38-31-29-26-23-20-17-14-11-8-5-2/h7,9-10,12,16-21,25-29,32-33,35-36,38,41-42,68H,4-6,8,11,13-15,22-24,30-31,34,37,39-40,43-67H2,1-3H3/b10-7-,12-9-,19-16-,20-17-,21-18-,28-25-,29-26-,33-32-,36-35-,41-38-,42-27-. The van der Waals surface area contributed by atoms with Crippen LogP contribution >= 0.6 is 0 Å². The number of allylic oxidation sites excluding steroid dienone is 22. The minimum absolute atomic E-state index is 0.0960. The number of ether oxygens (including phenoxy) is 3. The Labute approximate surface area is 475 Å². The van der Waals surface area contributed by atoms with Crippen LogP contribution in [0.5, 0.6) is 0 Å². The van der Waals surface area contributed by atoms with E-state index in [0.29, 0.717) is 19.3 Å². The van der Waals surface area contributed by atoms with Gasteiger partial charge in [-0.1, -0.05) is 257 Å². The highest BCUT2D eigenvalue weighted by molar-refractivity contribution is 5.71. The molecule has 0 N–H and O–H groups in total. The van der Waals surface area contributed by atoms with E-state index in [2.05, 4.69) is 154 Å². The molecule has 0 saturated heterocycles. The topological polar surface area (TPSA) is 78.9 Å². The summed E-state index contributed by atoms with van der Waals surface area (Å²) in [5.41, 5.74) is 0. The summed E-state index contributed by atoms with van der Waals surface area (Å²) in [5, 5.41) is 0. The van der Waals surface area contributed by atoms with Gasteiger partial charge in [-0.2, -0.15) is 0 Å². The number of rotatable bonds is 56. The lowest BCUT2D eigenvalue weighted by atomic mass is 10.1. The maximum absolute atomic E-state index is 12.9. The van der Waals surface area contributed by atoms with Gasteiger partial charge in [0.1, 0.15) is 13.2 Å². The molecular formula is C71H116O6. The van der Waals surface area contributed by atoms with Gasteiger partial charge in [0.05, 0.1) is 0 Å². The van der Waals surface area contributed by atoms with Crippen LogP contribution in [0.1, 0.15) is 278 Å². The zero-order valence-corrected chi connectivity index (χ0v) is 49.9. The zero-order chi connectivity index (χ0) is 55.7. The molecule has 0 saturated carbocycles. The summed E-state index contributed by atoms with van der Waals surface area (Å²) in [6, 6.07) is 0. The van der Waals surface area contributed by atoms with Crippen molar-refractivity contribution in [1.82, 2.24) is 0 Å². The Bertz CT molecular complexity index is 1650. The van der Waals surface area contributed by atoms with E-state index in [-0.39, 0.29) is 31.1 Å². The third-order valence-corrected chi connectivity index (χ3v) is 13.1. The van der Waals surface area contributed by atoms with Gasteiger partial charge in [0.25, 0.3) is 0 Å². The smallest absolute Gasteiger partial charge is 0.306 e. The van der Waals surface area contributed by atoms with Gasteiger partial charge in [-0.15, -0.1) is 0 Å². The highest BCUT2D eigenvalue weighted by Gasteiger charge is 2.19. The Morgan fingerprint density at radius 2 is 0.506 bits per heavy atom. The van der Waals surface area contributed by atoms with Gasteiger partial charge in [-0.3, -0.25) is 14.4 Å². The molecule has 0 heterocycles. The Morgan fingerprint density at radius 1 is 0.273 bits per heavy atom. The minimum atomic E-state index is -0.801. The van der Waals surface area contributed by atoms with Gasteiger partial charge in [-0.05, 0) is 135 Å². The first-order chi connectivity index (χ1) is 38.0. The van der Waals surface area contributed by atoms with Crippen LogP contribution in [0.25, 0.3) is 0 Å². The average molecular weight is 1070 g/mol. The molecule has 77 heavy (non-hydrogen) atoms. The highest BCUT2D eigenvalue weighted by atomic mass is 16.6. The Kier molecular flexibility index (Phi) is 60.4. The molecule has 1 atom stereocenters. The summed E-state index contributed by atoms with van der Waals surface area (Å²) < 4.78 is 16.9. The van der Waals surface area contributed by atoms with Gasteiger partial charge >= 0.3 is 17.9 Å². The van der Waals surface area contributed by atoms with E-state index in [1.165, 1.54) is 77.0 Å². The van der Waals surface area contributed by atoms with E-state index in [9.17, 15) is 14.4 Å². The lowest BCUT2D eigenvalue weighted by Gasteiger charge is -2.18. The van der Waals surface area contributed by atoms with Crippen molar-refractivity contribution in [2.45, 2.75) is 284 Å². The van der Waals surface area contributed by atoms with Crippen molar-refractivity contribution in [3.63, 3.8) is 0 Å². The summed E-state index contributed by atoms with van der Waals surface area (Å²) in [6.45, 7) is 6.36. The molecule has 1 unspecified atom stereocenters. The SMILES string of the molecule is CC/C=C\C/C=C\C/C=C\C/C=C\C/C=C\CCCCCCCCCCCC(=O)OCC(COC(=O)CCCCCCC/C=C\C/C=C\C/C=C\CC)OC(=O)CCCCCCCC/C=C\C/C=C\C/C=C\CCCCC. The maximum Gasteiger partial charge on any atom is 0.306 e. The molecule has 0 fully saturated rings. The van der Waals surface area contributed by atoms with Crippen LogP contribution < -0.4 is 0 Å². The molecule has 0 amide bonds. The van der Waals surface area contributed by atoms with Gasteiger partial charge in [-0.25, -0.2) is 0 Å². The molecule has 0 radical (unpaired) electrons. The number of carbonyl (C=O) groups excluding carboxylic acids is 3. The summed E-state index contributed by atoms with van der Waals surface area (Å²) in [6.07, 6.45) is 90.2. The fourth-order valence-corrected chi connectivity index (χ4v) is 8.43. The fraction of sp³-hybridized carbons (Fsp3) is 0.648. The zero-order valence-electron chi connectivity index (χ0n) is 49.9. The third kappa shape index (κ3) is 62.3. The molecule has 0 aromatic carbocycles. The van der Waals surface area contributed by atoms with Crippen LogP contribution in [0, 0.1) is 0 Å². The molecule has 0 aliphatic rings. The fourth-order valence-electron chi connectivity index (χ4n) is 8.43. The molecule has 0 aromatic rings. The first-order valence-electron chi connectivity index (χ1n) is 31.7. The first-order valence-corrected chi connectivity index (χ1v) is 31.7. The Balaban J connectivity index is 4.42. The van der Waals surface area contributed by atoms with Crippen LogP contribution in [0.15, 0.2) is 134 Å². The van der Waals surface area contributed by atoms with E-state index in [0.717, 1.165) is 161 Å².